The van der Waals surface area contributed by atoms with Gasteiger partial charge in [0.15, 0.2) is 6.10 Å². The zero-order valence-electron chi connectivity index (χ0n) is 19.5. The number of urea groups is 1. The van der Waals surface area contributed by atoms with E-state index in [-0.39, 0.29) is 31.4 Å². The summed E-state index contributed by atoms with van der Waals surface area (Å²) in [6.45, 7) is 0.884. The van der Waals surface area contributed by atoms with Crippen molar-refractivity contribution < 1.29 is 28.5 Å². The number of amides is 3. The Morgan fingerprint density at radius 2 is 1.47 bits per heavy atom. The van der Waals surface area contributed by atoms with Crippen LogP contribution in [0.3, 0.4) is 0 Å². The molecule has 2 heterocycles. The van der Waals surface area contributed by atoms with Crippen LogP contribution in [0.25, 0.3) is 0 Å². The number of nitrogens with one attached hydrogen (secondary N) is 3. The first-order valence-corrected chi connectivity index (χ1v) is 11.8. The first kappa shape index (κ1) is 23.7. The third-order valence-corrected chi connectivity index (χ3v) is 5.96. The molecule has 4 atom stereocenters. The zero-order valence-corrected chi connectivity index (χ0v) is 19.5. The minimum atomic E-state index is -0.610. The summed E-state index contributed by atoms with van der Waals surface area (Å²) >= 11 is 0. The molecule has 3 N–H and O–H groups in total. The van der Waals surface area contributed by atoms with Crippen LogP contribution >= 0.6 is 0 Å². The molecule has 2 fully saturated rings. The Labute approximate surface area is 208 Å². The van der Waals surface area contributed by atoms with Gasteiger partial charge in [0.1, 0.15) is 23.7 Å². The Morgan fingerprint density at radius 1 is 0.806 bits per heavy atom. The minimum absolute atomic E-state index is 0.191. The highest BCUT2D eigenvalue weighted by Gasteiger charge is 2.50. The molecule has 0 saturated carbocycles. The van der Waals surface area contributed by atoms with Gasteiger partial charge < -0.3 is 29.6 Å². The summed E-state index contributed by atoms with van der Waals surface area (Å²) in [5.74, 6) is 1.38. The lowest BCUT2D eigenvalue weighted by Gasteiger charge is -2.18. The highest BCUT2D eigenvalue weighted by atomic mass is 16.6. The molecule has 0 bridgehead atoms. The standard InChI is InChI=1S/C27H27N3O6/c31-26(28-15-18-7-3-1-4-8-18)30-22-16-33-25-23(17-34-24(22)25)36-27(32)29-19-11-13-21(14-12-19)35-20-9-5-2-6-10-20/h1-14,22-25H,15-17H2,(H,29,32)(H2,28,30,31)/t22-,23+,24+,25+/m0/s1. The summed E-state index contributed by atoms with van der Waals surface area (Å²) in [4.78, 5) is 24.8. The van der Waals surface area contributed by atoms with Crippen molar-refractivity contribution in [2.24, 2.45) is 0 Å². The third kappa shape index (κ3) is 5.94. The van der Waals surface area contributed by atoms with Crippen molar-refractivity contribution in [2.75, 3.05) is 18.5 Å². The van der Waals surface area contributed by atoms with Crippen LogP contribution in [-0.2, 0) is 20.8 Å². The summed E-state index contributed by atoms with van der Waals surface area (Å²) < 4.78 is 22.9. The number of carbonyl (C=O) groups excluding carboxylic acids is 2. The molecular formula is C27H27N3O6. The highest BCUT2D eigenvalue weighted by molar-refractivity contribution is 5.84. The number of para-hydroxylation sites is 1. The summed E-state index contributed by atoms with van der Waals surface area (Å²) in [5.41, 5.74) is 1.57. The molecule has 36 heavy (non-hydrogen) atoms. The summed E-state index contributed by atoms with van der Waals surface area (Å²) in [6, 6.07) is 25.4. The van der Waals surface area contributed by atoms with E-state index in [9.17, 15) is 9.59 Å². The topological polar surface area (TPSA) is 107 Å². The smallest absolute Gasteiger partial charge is 0.412 e. The molecule has 0 unspecified atom stereocenters. The molecule has 2 aliphatic rings. The van der Waals surface area contributed by atoms with Gasteiger partial charge in [0, 0.05) is 12.2 Å². The lowest BCUT2D eigenvalue weighted by molar-refractivity contribution is 0.00872. The monoisotopic (exact) mass is 489 g/mol. The van der Waals surface area contributed by atoms with Gasteiger partial charge in [-0.2, -0.15) is 0 Å². The molecule has 0 spiro atoms. The van der Waals surface area contributed by atoms with Crippen LogP contribution in [0.2, 0.25) is 0 Å². The quantitative estimate of drug-likeness (QED) is 0.462. The maximum atomic E-state index is 12.5. The van der Waals surface area contributed by atoms with Crippen molar-refractivity contribution >= 4 is 17.8 Å². The molecule has 0 radical (unpaired) electrons. The number of benzene rings is 3. The highest BCUT2D eigenvalue weighted by Crippen LogP contribution is 2.29. The van der Waals surface area contributed by atoms with E-state index in [1.165, 1.54) is 0 Å². The minimum Gasteiger partial charge on any atom is -0.457 e. The Bertz CT molecular complexity index is 1160. The fraction of sp³-hybridized carbons (Fsp3) is 0.259. The van der Waals surface area contributed by atoms with Crippen LogP contribution in [0.4, 0.5) is 15.3 Å². The lowest BCUT2D eigenvalue weighted by Crippen LogP contribution is -2.48. The fourth-order valence-electron chi connectivity index (χ4n) is 4.20. The van der Waals surface area contributed by atoms with Gasteiger partial charge in [-0.3, -0.25) is 5.32 Å². The Balaban J connectivity index is 1.07. The van der Waals surface area contributed by atoms with Crippen LogP contribution in [0.5, 0.6) is 11.5 Å². The SMILES string of the molecule is O=C(NCc1ccccc1)N[C@H]1CO[C@H]2[C@@H]1OC[C@H]2OC(=O)Nc1ccc(Oc2ccccc2)cc1. The first-order valence-electron chi connectivity index (χ1n) is 11.8. The van der Waals surface area contributed by atoms with E-state index in [2.05, 4.69) is 16.0 Å². The lowest BCUT2D eigenvalue weighted by atomic mass is 10.1. The molecule has 2 saturated heterocycles. The molecule has 0 aliphatic carbocycles. The number of anilines is 1. The van der Waals surface area contributed by atoms with Gasteiger partial charge in [-0.1, -0.05) is 48.5 Å². The maximum absolute atomic E-state index is 12.5. The van der Waals surface area contributed by atoms with E-state index in [0.717, 1.165) is 11.3 Å². The van der Waals surface area contributed by atoms with Crippen molar-refractivity contribution in [3.8, 4) is 11.5 Å². The predicted molar refractivity (Wildman–Crippen MR) is 132 cm³/mol. The van der Waals surface area contributed by atoms with E-state index in [1.807, 2.05) is 60.7 Å². The Morgan fingerprint density at radius 3 is 2.22 bits per heavy atom. The average Bonchev–Trinajstić information content (AvgIpc) is 3.48. The second-order valence-electron chi connectivity index (χ2n) is 8.52. The van der Waals surface area contributed by atoms with E-state index >= 15 is 0 Å². The van der Waals surface area contributed by atoms with Gasteiger partial charge in [-0.15, -0.1) is 0 Å². The van der Waals surface area contributed by atoms with Gasteiger partial charge >= 0.3 is 12.1 Å². The average molecular weight is 490 g/mol. The number of rotatable bonds is 7. The van der Waals surface area contributed by atoms with Crippen molar-refractivity contribution in [3.63, 3.8) is 0 Å². The molecule has 9 nitrogen and oxygen atoms in total. The first-order chi connectivity index (χ1) is 17.6. The normalized spacial score (nSPS) is 22.3. The van der Waals surface area contributed by atoms with Crippen LogP contribution < -0.4 is 20.7 Å². The van der Waals surface area contributed by atoms with Crippen molar-refractivity contribution in [2.45, 2.75) is 30.9 Å². The van der Waals surface area contributed by atoms with E-state index in [4.69, 9.17) is 18.9 Å². The number of hydrogen-bond donors (Lipinski definition) is 3. The van der Waals surface area contributed by atoms with E-state index < -0.39 is 18.3 Å². The van der Waals surface area contributed by atoms with Gasteiger partial charge in [0.05, 0.1) is 19.3 Å². The summed E-state index contributed by atoms with van der Waals surface area (Å²) in [5, 5.41) is 8.43. The molecule has 2 aliphatic heterocycles. The molecule has 9 heteroatoms. The predicted octanol–water partition coefficient (Wildman–Crippen LogP) is 4.06. The number of ether oxygens (including phenoxy) is 4. The van der Waals surface area contributed by atoms with E-state index in [0.29, 0.717) is 18.0 Å². The molecule has 3 aromatic carbocycles. The van der Waals surface area contributed by atoms with Crippen LogP contribution in [0.1, 0.15) is 5.56 Å². The molecule has 5 rings (SSSR count). The second-order valence-corrected chi connectivity index (χ2v) is 8.52. The Hall–Kier alpha value is -4.08. The van der Waals surface area contributed by atoms with Gasteiger partial charge in [0.25, 0.3) is 0 Å². The van der Waals surface area contributed by atoms with Gasteiger partial charge in [0.2, 0.25) is 0 Å². The van der Waals surface area contributed by atoms with Crippen molar-refractivity contribution in [3.05, 3.63) is 90.5 Å². The van der Waals surface area contributed by atoms with Crippen molar-refractivity contribution in [1.29, 1.82) is 0 Å². The number of carbonyl (C=O) groups is 2. The van der Waals surface area contributed by atoms with Crippen LogP contribution in [0, 0.1) is 0 Å². The molecule has 3 amide bonds. The zero-order chi connectivity index (χ0) is 24.7. The summed E-state index contributed by atoms with van der Waals surface area (Å²) in [6.07, 6.45) is -2.02. The largest absolute Gasteiger partial charge is 0.457 e. The van der Waals surface area contributed by atoms with Gasteiger partial charge in [-0.05, 0) is 42.0 Å². The summed E-state index contributed by atoms with van der Waals surface area (Å²) in [7, 11) is 0. The second kappa shape index (κ2) is 11.1. The molecule has 186 valence electrons. The van der Waals surface area contributed by atoms with Crippen LogP contribution in [0.15, 0.2) is 84.9 Å². The van der Waals surface area contributed by atoms with Gasteiger partial charge in [-0.25, -0.2) is 9.59 Å². The fourth-order valence-corrected chi connectivity index (χ4v) is 4.20. The third-order valence-electron chi connectivity index (χ3n) is 5.96. The molecular weight excluding hydrogens is 462 g/mol. The number of hydrogen-bond acceptors (Lipinski definition) is 6. The van der Waals surface area contributed by atoms with Crippen LogP contribution in [-0.4, -0.2) is 49.7 Å². The molecule has 0 aromatic heterocycles. The Kier molecular flexibility index (Phi) is 7.30. The molecule has 3 aromatic rings. The number of fused-ring (bicyclic) bond motifs is 1. The van der Waals surface area contributed by atoms with Crippen molar-refractivity contribution in [1.82, 2.24) is 10.6 Å². The van der Waals surface area contributed by atoms with E-state index in [1.54, 1.807) is 24.3 Å². The maximum Gasteiger partial charge on any atom is 0.412 e.